The molecule has 1 unspecified atom stereocenters. The summed E-state index contributed by atoms with van der Waals surface area (Å²) >= 11 is 0. The van der Waals surface area contributed by atoms with E-state index in [1.54, 1.807) is 30.0 Å². The molecule has 0 fully saturated rings. The van der Waals surface area contributed by atoms with Crippen LogP contribution in [0.5, 0.6) is 0 Å². The molecule has 0 amide bonds. The summed E-state index contributed by atoms with van der Waals surface area (Å²) in [5, 5.41) is 0. The fourth-order valence-corrected chi connectivity index (χ4v) is 1.39. The second kappa shape index (κ2) is 4.32. The zero-order valence-electron chi connectivity index (χ0n) is 8.02. The van der Waals surface area contributed by atoms with Crippen LogP contribution in [0.2, 0.25) is 0 Å². The Kier molecular flexibility index (Phi) is 3.36. The van der Waals surface area contributed by atoms with Gasteiger partial charge >= 0.3 is 0 Å². The van der Waals surface area contributed by atoms with Crippen molar-refractivity contribution in [2.75, 3.05) is 17.6 Å². The van der Waals surface area contributed by atoms with Gasteiger partial charge in [-0.15, -0.1) is 0 Å². The lowest BCUT2D eigenvalue weighted by molar-refractivity contribution is 0.685. The highest BCUT2D eigenvalue weighted by Gasteiger charge is 2.10. The van der Waals surface area contributed by atoms with Gasteiger partial charge in [-0.2, -0.15) is 0 Å². The predicted molar refractivity (Wildman–Crippen MR) is 53.9 cm³/mol. The van der Waals surface area contributed by atoms with Gasteiger partial charge in [0.25, 0.3) is 0 Å². The van der Waals surface area contributed by atoms with E-state index >= 15 is 0 Å². The molecule has 1 heterocycles. The van der Waals surface area contributed by atoms with Crippen LogP contribution in [0.1, 0.15) is 12.6 Å². The molecule has 0 spiro atoms. The molecule has 1 rings (SSSR count). The number of nitrogens with zero attached hydrogens (tertiary/aromatic N) is 3. The Bertz CT molecular complexity index is 316. The molecule has 1 atom stereocenters. The Morgan fingerprint density at radius 1 is 1.46 bits per heavy atom. The van der Waals surface area contributed by atoms with Crippen LogP contribution < -0.4 is 4.31 Å². The summed E-state index contributed by atoms with van der Waals surface area (Å²) < 4.78 is 12.8. The molecule has 0 aliphatic carbocycles. The molecule has 4 nitrogen and oxygen atoms in total. The molecule has 72 valence electrons. The van der Waals surface area contributed by atoms with Crippen LogP contribution in [0.25, 0.3) is 0 Å². The third-order valence-electron chi connectivity index (χ3n) is 1.77. The minimum Gasteiger partial charge on any atom is -0.278 e. The molecular weight excluding hydrogens is 186 g/mol. The van der Waals surface area contributed by atoms with Gasteiger partial charge in [0.15, 0.2) is 5.82 Å². The summed E-state index contributed by atoms with van der Waals surface area (Å²) in [6, 6.07) is 0. The van der Waals surface area contributed by atoms with Gasteiger partial charge in [0.05, 0.1) is 5.69 Å². The summed E-state index contributed by atoms with van der Waals surface area (Å²) in [5.41, 5.74) is 0.875. The van der Waals surface area contributed by atoms with E-state index in [-0.39, 0.29) is 0 Å². The number of hydrogen-bond donors (Lipinski definition) is 0. The van der Waals surface area contributed by atoms with Gasteiger partial charge in [0.2, 0.25) is 0 Å². The third kappa shape index (κ3) is 2.24. The van der Waals surface area contributed by atoms with Crippen molar-refractivity contribution in [2.45, 2.75) is 13.3 Å². The van der Waals surface area contributed by atoms with Gasteiger partial charge in [-0.05, 0) is 6.42 Å². The highest BCUT2D eigenvalue weighted by atomic mass is 32.2. The van der Waals surface area contributed by atoms with E-state index in [9.17, 15) is 4.21 Å². The van der Waals surface area contributed by atoms with Crippen LogP contribution in [0.15, 0.2) is 12.4 Å². The maximum atomic E-state index is 11.2. The molecule has 1 aromatic heterocycles. The Morgan fingerprint density at radius 3 is 2.62 bits per heavy atom. The van der Waals surface area contributed by atoms with Gasteiger partial charge in [0, 0.05) is 25.7 Å². The molecular formula is C8H13N3OS. The first-order valence-corrected chi connectivity index (χ1v) is 5.55. The zero-order chi connectivity index (χ0) is 9.84. The van der Waals surface area contributed by atoms with Gasteiger partial charge in [0.1, 0.15) is 11.0 Å². The van der Waals surface area contributed by atoms with Crippen molar-refractivity contribution in [3.8, 4) is 0 Å². The maximum absolute atomic E-state index is 11.2. The van der Waals surface area contributed by atoms with Crippen LogP contribution in [0.3, 0.4) is 0 Å². The SMILES string of the molecule is CCc1nccnc1N(C)S(C)=O. The van der Waals surface area contributed by atoms with E-state index < -0.39 is 11.0 Å². The van der Waals surface area contributed by atoms with Crippen molar-refractivity contribution in [3.05, 3.63) is 18.1 Å². The average Bonchev–Trinajstić information content (AvgIpc) is 2.16. The van der Waals surface area contributed by atoms with Crippen LogP contribution in [0.4, 0.5) is 5.82 Å². The van der Waals surface area contributed by atoms with Crippen LogP contribution in [-0.2, 0) is 17.4 Å². The van der Waals surface area contributed by atoms with E-state index in [0.717, 1.165) is 12.1 Å². The van der Waals surface area contributed by atoms with E-state index in [2.05, 4.69) is 9.97 Å². The minimum atomic E-state index is -1.04. The first-order chi connectivity index (χ1) is 6.16. The normalized spacial score (nSPS) is 12.5. The van der Waals surface area contributed by atoms with Crippen molar-refractivity contribution < 1.29 is 4.21 Å². The predicted octanol–water partition coefficient (Wildman–Crippen LogP) is 0.769. The summed E-state index contributed by atoms with van der Waals surface area (Å²) in [5.74, 6) is 0.700. The maximum Gasteiger partial charge on any atom is 0.161 e. The summed E-state index contributed by atoms with van der Waals surface area (Å²) in [4.78, 5) is 8.30. The van der Waals surface area contributed by atoms with Gasteiger partial charge < -0.3 is 0 Å². The Labute approximate surface area is 80.6 Å². The summed E-state index contributed by atoms with van der Waals surface area (Å²) in [7, 11) is 0.707. The number of aryl methyl sites for hydroxylation is 1. The lowest BCUT2D eigenvalue weighted by Crippen LogP contribution is -2.21. The average molecular weight is 199 g/mol. The second-order valence-electron chi connectivity index (χ2n) is 2.60. The Morgan fingerprint density at radius 2 is 2.08 bits per heavy atom. The molecule has 0 saturated carbocycles. The molecule has 0 aromatic carbocycles. The van der Waals surface area contributed by atoms with Crippen molar-refractivity contribution in [1.82, 2.24) is 9.97 Å². The third-order valence-corrected chi connectivity index (χ3v) is 2.72. The largest absolute Gasteiger partial charge is 0.278 e. The second-order valence-corrected chi connectivity index (χ2v) is 4.00. The molecule has 0 aliphatic heterocycles. The lowest BCUT2D eigenvalue weighted by Gasteiger charge is -2.15. The van der Waals surface area contributed by atoms with Crippen molar-refractivity contribution >= 4 is 16.8 Å². The lowest BCUT2D eigenvalue weighted by atomic mass is 10.3. The van der Waals surface area contributed by atoms with E-state index in [0.29, 0.717) is 5.82 Å². The summed E-state index contributed by atoms with van der Waals surface area (Å²) in [6.07, 6.45) is 5.67. The fourth-order valence-electron chi connectivity index (χ4n) is 0.994. The molecule has 0 N–H and O–H groups in total. The van der Waals surface area contributed by atoms with E-state index in [1.165, 1.54) is 0 Å². The molecule has 0 radical (unpaired) electrons. The molecule has 0 aliphatic rings. The molecule has 1 aromatic rings. The number of anilines is 1. The Hall–Kier alpha value is -0.970. The fraction of sp³-hybridized carbons (Fsp3) is 0.500. The monoisotopic (exact) mass is 199 g/mol. The van der Waals surface area contributed by atoms with Gasteiger partial charge in [-0.1, -0.05) is 6.92 Å². The van der Waals surface area contributed by atoms with Crippen LogP contribution >= 0.6 is 0 Å². The first-order valence-electron chi connectivity index (χ1n) is 4.04. The molecule has 0 saturated heterocycles. The summed E-state index contributed by atoms with van der Waals surface area (Å²) in [6.45, 7) is 2.00. The van der Waals surface area contributed by atoms with Gasteiger partial charge in [-0.25, -0.2) is 9.19 Å². The molecule has 5 heteroatoms. The standard InChI is InChI=1S/C8H13N3OS/c1-4-7-8(10-6-5-9-7)11(2)13(3)12/h5-6H,4H2,1-3H3. The molecule has 13 heavy (non-hydrogen) atoms. The topological polar surface area (TPSA) is 46.1 Å². The minimum absolute atomic E-state index is 0.700. The van der Waals surface area contributed by atoms with Crippen molar-refractivity contribution in [2.24, 2.45) is 0 Å². The van der Waals surface area contributed by atoms with Crippen LogP contribution in [-0.4, -0.2) is 27.5 Å². The van der Waals surface area contributed by atoms with E-state index in [1.807, 2.05) is 6.92 Å². The number of aromatic nitrogens is 2. The quantitative estimate of drug-likeness (QED) is 0.722. The van der Waals surface area contributed by atoms with E-state index in [4.69, 9.17) is 0 Å². The Balaban J connectivity index is 3.05. The van der Waals surface area contributed by atoms with Crippen molar-refractivity contribution in [1.29, 1.82) is 0 Å². The van der Waals surface area contributed by atoms with Gasteiger partial charge in [-0.3, -0.25) is 9.29 Å². The molecule has 0 bridgehead atoms. The highest BCUT2D eigenvalue weighted by Crippen LogP contribution is 2.14. The van der Waals surface area contributed by atoms with Crippen LogP contribution in [0, 0.1) is 0 Å². The highest BCUT2D eigenvalue weighted by molar-refractivity contribution is 7.85. The number of hydrogen-bond acceptors (Lipinski definition) is 3. The van der Waals surface area contributed by atoms with Crippen molar-refractivity contribution in [3.63, 3.8) is 0 Å². The first kappa shape index (κ1) is 10.1. The smallest absolute Gasteiger partial charge is 0.161 e. The zero-order valence-corrected chi connectivity index (χ0v) is 8.84. The number of rotatable bonds is 3.